The molecule has 1 N–H and O–H groups in total. The van der Waals surface area contributed by atoms with Crippen molar-refractivity contribution in [1.82, 2.24) is 5.32 Å². The van der Waals surface area contributed by atoms with Crippen molar-refractivity contribution in [2.75, 3.05) is 32.9 Å². The van der Waals surface area contributed by atoms with Crippen LogP contribution in [0.1, 0.15) is 44.8 Å². The Labute approximate surface area is 168 Å². The average Bonchev–Trinajstić information content (AvgIpc) is 2.71. The van der Waals surface area contributed by atoms with Crippen LogP contribution in [0.15, 0.2) is 48.5 Å². The van der Waals surface area contributed by atoms with Crippen LogP contribution in [-0.4, -0.2) is 32.9 Å². The van der Waals surface area contributed by atoms with E-state index in [1.165, 1.54) is 12.1 Å². The highest BCUT2D eigenvalue weighted by atomic mass is 19.1. The van der Waals surface area contributed by atoms with E-state index in [1.807, 2.05) is 43.3 Å². The predicted molar refractivity (Wildman–Crippen MR) is 111 cm³/mol. The van der Waals surface area contributed by atoms with Crippen LogP contribution in [0.2, 0.25) is 0 Å². The third-order valence-electron chi connectivity index (χ3n) is 4.27. The van der Waals surface area contributed by atoms with E-state index in [9.17, 15) is 4.39 Å². The Morgan fingerprint density at radius 3 is 2.29 bits per heavy atom. The average molecular weight is 390 g/mol. The third kappa shape index (κ3) is 7.87. The second kappa shape index (κ2) is 13.1. The number of rotatable bonds is 14. The van der Waals surface area contributed by atoms with Gasteiger partial charge in [0.1, 0.15) is 12.4 Å². The molecule has 0 heterocycles. The number of para-hydroxylation sites is 2. The molecule has 28 heavy (non-hydrogen) atoms. The Morgan fingerprint density at radius 2 is 1.61 bits per heavy atom. The molecule has 0 aromatic heterocycles. The molecule has 5 heteroatoms. The molecule has 2 rings (SSSR count). The molecule has 154 valence electrons. The monoisotopic (exact) mass is 389 g/mol. The summed E-state index contributed by atoms with van der Waals surface area (Å²) in [4.78, 5) is 0. The van der Waals surface area contributed by atoms with Crippen LogP contribution in [0.3, 0.4) is 0 Å². The quantitative estimate of drug-likeness (QED) is 0.454. The Balaban J connectivity index is 1.67. The normalized spacial score (nSPS) is 12.0. The number of ether oxygens (including phenoxy) is 3. The SMILES string of the molecule is CCCOC(CCCNCCOc1ccccc1OCC)c1ccc(F)cc1. The summed E-state index contributed by atoms with van der Waals surface area (Å²) in [5.41, 5.74) is 1.03. The van der Waals surface area contributed by atoms with Gasteiger partial charge in [0.25, 0.3) is 0 Å². The van der Waals surface area contributed by atoms with Crippen LogP contribution >= 0.6 is 0 Å². The van der Waals surface area contributed by atoms with Gasteiger partial charge in [0.15, 0.2) is 11.5 Å². The lowest BCUT2D eigenvalue weighted by molar-refractivity contribution is 0.0456. The molecule has 0 saturated carbocycles. The maximum Gasteiger partial charge on any atom is 0.161 e. The molecule has 2 aromatic carbocycles. The topological polar surface area (TPSA) is 39.7 Å². The van der Waals surface area contributed by atoms with E-state index >= 15 is 0 Å². The largest absolute Gasteiger partial charge is 0.490 e. The Morgan fingerprint density at radius 1 is 0.893 bits per heavy atom. The third-order valence-corrected chi connectivity index (χ3v) is 4.27. The van der Waals surface area contributed by atoms with E-state index < -0.39 is 0 Å². The van der Waals surface area contributed by atoms with Gasteiger partial charge >= 0.3 is 0 Å². The minimum atomic E-state index is -0.217. The van der Waals surface area contributed by atoms with Crippen molar-refractivity contribution in [3.63, 3.8) is 0 Å². The number of halogens is 1. The Bertz CT molecular complexity index is 663. The van der Waals surface area contributed by atoms with Crippen molar-refractivity contribution in [3.05, 3.63) is 59.9 Å². The highest BCUT2D eigenvalue weighted by Crippen LogP contribution is 2.26. The molecule has 0 aliphatic heterocycles. The zero-order valence-electron chi connectivity index (χ0n) is 17.0. The van der Waals surface area contributed by atoms with Crippen LogP contribution in [0, 0.1) is 5.82 Å². The van der Waals surface area contributed by atoms with Crippen LogP contribution in [-0.2, 0) is 4.74 Å². The van der Waals surface area contributed by atoms with Crippen molar-refractivity contribution < 1.29 is 18.6 Å². The van der Waals surface area contributed by atoms with E-state index in [4.69, 9.17) is 14.2 Å². The van der Waals surface area contributed by atoms with Crippen LogP contribution in [0.5, 0.6) is 11.5 Å². The molecule has 0 radical (unpaired) electrons. The summed E-state index contributed by atoms with van der Waals surface area (Å²) in [6, 6.07) is 14.3. The summed E-state index contributed by atoms with van der Waals surface area (Å²) in [6.07, 6.45) is 2.85. The molecule has 0 aliphatic carbocycles. The fraction of sp³-hybridized carbons (Fsp3) is 0.478. The highest BCUT2D eigenvalue weighted by Gasteiger charge is 2.11. The van der Waals surface area contributed by atoms with Gasteiger partial charge in [0.2, 0.25) is 0 Å². The fourth-order valence-corrected chi connectivity index (χ4v) is 2.90. The summed E-state index contributed by atoms with van der Waals surface area (Å²) < 4.78 is 30.5. The Kier molecular flexibility index (Phi) is 10.4. The zero-order chi connectivity index (χ0) is 20.0. The number of hydrogen-bond acceptors (Lipinski definition) is 4. The number of hydrogen-bond donors (Lipinski definition) is 1. The molecule has 1 unspecified atom stereocenters. The molecule has 0 saturated heterocycles. The summed E-state index contributed by atoms with van der Waals surface area (Å²) in [6.45, 7) is 7.60. The van der Waals surface area contributed by atoms with E-state index in [-0.39, 0.29) is 11.9 Å². The van der Waals surface area contributed by atoms with Crippen LogP contribution in [0.4, 0.5) is 4.39 Å². The van der Waals surface area contributed by atoms with Gasteiger partial charge in [0, 0.05) is 13.2 Å². The molecule has 0 amide bonds. The Hall–Kier alpha value is -2.11. The fourth-order valence-electron chi connectivity index (χ4n) is 2.90. The minimum absolute atomic E-state index is 0.0108. The number of nitrogens with one attached hydrogen (secondary N) is 1. The molecule has 2 aromatic rings. The van der Waals surface area contributed by atoms with E-state index in [2.05, 4.69) is 12.2 Å². The van der Waals surface area contributed by atoms with Crippen molar-refractivity contribution in [1.29, 1.82) is 0 Å². The van der Waals surface area contributed by atoms with Gasteiger partial charge in [-0.1, -0.05) is 31.2 Å². The molecular formula is C23H32FNO3. The zero-order valence-corrected chi connectivity index (χ0v) is 17.0. The first-order valence-corrected chi connectivity index (χ1v) is 10.2. The molecule has 0 bridgehead atoms. The standard InChI is InChI=1S/C23H32FNO3/c1-3-17-27-21(19-11-13-20(24)14-12-19)10-7-15-25-16-18-28-23-9-6-5-8-22(23)26-4-2/h5-6,8-9,11-14,21,25H,3-4,7,10,15-18H2,1-2H3. The number of benzene rings is 2. The molecule has 1 atom stereocenters. The van der Waals surface area contributed by atoms with Gasteiger partial charge in [-0.25, -0.2) is 4.39 Å². The first-order valence-electron chi connectivity index (χ1n) is 10.2. The van der Waals surface area contributed by atoms with Gasteiger partial charge in [-0.05, 0) is 62.6 Å². The molecular weight excluding hydrogens is 357 g/mol. The molecule has 0 fully saturated rings. The first kappa shape index (κ1) is 22.2. The minimum Gasteiger partial charge on any atom is -0.490 e. The summed E-state index contributed by atoms with van der Waals surface area (Å²) in [5.74, 6) is 1.33. The van der Waals surface area contributed by atoms with Crippen molar-refractivity contribution in [2.45, 2.75) is 39.2 Å². The lowest BCUT2D eigenvalue weighted by Crippen LogP contribution is -2.22. The maximum absolute atomic E-state index is 13.1. The van der Waals surface area contributed by atoms with E-state index in [0.29, 0.717) is 19.8 Å². The highest BCUT2D eigenvalue weighted by molar-refractivity contribution is 5.39. The molecule has 0 aliphatic rings. The van der Waals surface area contributed by atoms with Crippen molar-refractivity contribution in [2.24, 2.45) is 0 Å². The van der Waals surface area contributed by atoms with Gasteiger partial charge in [0.05, 0.1) is 12.7 Å². The van der Waals surface area contributed by atoms with Crippen molar-refractivity contribution in [3.8, 4) is 11.5 Å². The van der Waals surface area contributed by atoms with E-state index in [1.54, 1.807) is 0 Å². The van der Waals surface area contributed by atoms with Crippen LogP contribution in [0.25, 0.3) is 0 Å². The van der Waals surface area contributed by atoms with Crippen molar-refractivity contribution >= 4 is 0 Å². The smallest absolute Gasteiger partial charge is 0.161 e. The van der Waals surface area contributed by atoms with Gasteiger partial charge in [-0.2, -0.15) is 0 Å². The molecule has 4 nitrogen and oxygen atoms in total. The maximum atomic E-state index is 13.1. The first-order chi connectivity index (χ1) is 13.7. The van der Waals surface area contributed by atoms with Gasteiger partial charge in [-0.15, -0.1) is 0 Å². The summed E-state index contributed by atoms with van der Waals surface area (Å²) >= 11 is 0. The second-order valence-electron chi connectivity index (χ2n) is 6.53. The van der Waals surface area contributed by atoms with Gasteiger partial charge in [-0.3, -0.25) is 0 Å². The van der Waals surface area contributed by atoms with Crippen LogP contribution < -0.4 is 14.8 Å². The van der Waals surface area contributed by atoms with E-state index in [0.717, 1.165) is 49.4 Å². The lowest BCUT2D eigenvalue weighted by atomic mass is 10.0. The second-order valence-corrected chi connectivity index (χ2v) is 6.53. The predicted octanol–water partition coefficient (Wildman–Crippen LogP) is 5.14. The molecule has 0 spiro atoms. The lowest BCUT2D eigenvalue weighted by Gasteiger charge is -2.18. The van der Waals surface area contributed by atoms with Gasteiger partial charge < -0.3 is 19.5 Å². The summed E-state index contributed by atoms with van der Waals surface area (Å²) in [5, 5.41) is 3.40. The summed E-state index contributed by atoms with van der Waals surface area (Å²) in [7, 11) is 0.